The molecule has 0 unspecified atom stereocenters. The van der Waals surface area contributed by atoms with Gasteiger partial charge in [0, 0.05) is 18.0 Å². The minimum atomic E-state index is -4.22. The number of rotatable bonds is 4. The van der Waals surface area contributed by atoms with Crippen molar-refractivity contribution in [2.24, 2.45) is 0 Å². The fourth-order valence-electron chi connectivity index (χ4n) is 1.63. The molecule has 0 saturated carbocycles. The van der Waals surface area contributed by atoms with Crippen LogP contribution in [0.3, 0.4) is 0 Å². The average molecular weight is 283 g/mol. The summed E-state index contributed by atoms with van der Waals surface area (Å²) < 4.78 is 42.3. The number of hydrogen-bond acceptors (Lipinski definition) is 2. The Balaban J connectivity index is 2.04. The first-order valence-electron chi connectivity index (χ1n) is 5.93. The van der Waals surface area contributed by atoms with Crippen molar-refractivity contribution in [2.45, 2.75) is 12.6 Å². The summed E-state index contributed by atoms with van der Waals surface area (Å²) >= 11 is 0. The smallest absolute Gasteiger partial charge is 0.392 e. The van der Waals surface area contributed by atoms with Gasteiger partial charge in [-0.3, -0.25) is 9.36 Å². The van der Waals surface area contributed by atoms with E-state index in [0.29, 0.717) is 11.4 Å². The third-order valence-electron chi connectivity index (χ3n) is 2.59. The molecule has 0 fully saturated rings. The lowest BCUT2D eigenvalue weighted by Crippen LogP contribution is -2.15. The van der Waals surface area contributed by atoms with Crippen LogP contribution in [0.4, 0.5) is 13.2 Å². The van der Waals surface area contributed by atoms with Crippen molar-refractivity contribution in [3.8, 4) is 11.4 Å². The Bertz CT molecular complexity index is 617. The van der Waals surface area contributed by atoms with E-state index in [9.17, 15) is 18.0 Å². The third kappa shape index (κ3) is 3.88. The van der Waals surface area contributed by atoms with Crippen LogP contribution in [-0.4, -0.2) is 17.4 Å². The lowest BCUT2D eigenvalue weighted by molar-refractivity contribution is -0.139. The molecule has 0 aliphatic carbocycles. The van der Waals surface area contributed by atoms with Gasteiger partial charge in [0.05, 0.1) is 13.0 Å². The van der Waals surface area contributed by atoms with Gasteiger partial charge in [-0.15, -0.1) is 0 Å². The van der Waals surface area contributed by atoms with Crippen LogP contribution >= 0.6 is 0 Å². The lowest BCUT2D eigenvalue weighted by Gasteiger charge is -2.10. The highest BCUT2D eigenvalue weighted by molar-refractivity contribution is 5.37. The molecule has 0 spiro atoms. The summed E-state index contributed by atoms with van der Waals surface area (Å²) in [7, 11) is 0. The van der Waals surface area contributed by atoms with Crippen molar-refractivity contribution in [2.75, 3.05) is 6.61 Å². The first kappa shape index (κ1) is 14.2. The van der Waals surface area contributed by atoms with E-state index < -0.39 is 19.2 Å². The second-order valence-electron chi connectivity index (χ2n) is 4.12. The maximum atomic E-state index is 12.0. The zero-order chi connectivity index (χ0) is 14.6. The number of benzene rings is 1. The molecular formula is C14H12F3NO2. The van der Waals surface area contributed by atoms with Crippen LogP contribution in [0.2, 0.25) is 0 Å². The number of alkyl halides is 3. The molecule has 0 saturated heterocycles. The minimum absolute atomic E-state index is 0.182. The van der Waals surface area contributed by atoms with Crippen LogP contribution in [0, 0.1) is 0 Å². The number of halogens is 3. The van der Waals surface area contributed by atoms with Gasteiger partial charge in [0.1, 0.15) is 5.75 Å². The van der Waals surface area contributed by atoms with Crippen LogP contribution in [-0.2, 0) is 0 Å². The molecule has 6 heteroatoms. The highest BCUT2D eigenvalue weighted by Crippen LogP contribution is 2.20. The molecule has 0 bridgehead atoms. The predicted molar refractivity (Wildman–Crippen MR) is 68.2 cm³/mol. The Morgan fingerprint density at radius 2 is 1.75 bits per heavy atom. The number of aromatic nitrogens is 1. The molecule has 0 radical (unpaired) electrons. The zero-order valence-electron chi connectivity index (χ0n) is 10.4. The summed E-state index contributed by atoms with van der Waals surface area (Å²) in [4.78, 5) is 11.6. The second kappa shape index (κ2) is 5.81. The molecule has 0 amide bonds. The van der Waals surface area contributed by atoms with Gasteiger partial charge in [0.25, 0.3) is 5.56 Å². The van der Waals surface area contributed by atoms with Crippen molar-refractivity contribution in [1.29, 1.82) is 0 Å². The first-order valence-corrected chi connectivity index (χ1v) is 5.93. The monoisotopic (exact) mass is 283 g/mol. The fraction of sp³-hybridized carbons (Fsp3) is 0.214. The molecule has 2 rings (SSSR count). The molecule has 2 aromatic rings. The first-order chi connectivity index (χ1) is 9.46. The van der Waals surface area contributed by atoms with Crippen molar-refractivity contribution in [3.63, 3.8) is 0 Å². The number of ether oxygens (including phenoxy) is 1. The quantitative estimate of drug-likeness (QED) is 0.863. The molecule has 3 nitrogen and oxygen atoms in total. The van der Waals surface area contributed by atoms with Gasteiger partial charge in [-0.25, -0.2) is 0 Å². The maximum Gasteiger partial charge on any atom is 0.392 e. The SMILES string of the molecule is O=c1ccccn1-c1ccc(OCCC(F)(F)F)cc1. The van der Waals surface area contributed by atoms with Gasteiger partial charge >= 0.3 is 6.18 Å². The summed E-state index contributed by atoms with van der Waals surface area (Å²) in [6.07, 6.45) is -3.61. The van der Waals surface area contributed by atoms with Crippen LogP contribution in [0.5, 0.6) is 5.75 Å². The number of pyridine rings is 1. The summed E-state index contributed by atoms with van der Waals surface area (Å²) in [6, 6.07) is 11.1. The highest BCUT2D eigenvalue weighted by Gasteiger charge is 2.26. The average Bonchev–Trinajstić information content (AvgIpc) is 2.39. The summed E-state index contributed by atoms with van der Waals surface area (Å²) in [6.45, 7) is -0.422. The molecule has 20 heavy (non-hydrogen) atoms. The molecule has 0 aliphatic heterocycles. The van der Waals surface area contributed by atoms with Gasteiger partial charge in [0.2, 0.25) is 0 Å². The Hall–Kier alpha value is -2.24. The highest BCUT2D eigenvalue weighted by atomic mass is 19.4. The molecule has 1 heterocycles. The molecule has 0 N–H and O–H groups in total. The van der Waals surface area contributed by atoms with Crippen LogP contribution in [0.1, 0.15) is 6.42 Å². The van der Waals surface area contributed by atoms with Gasteiger partial charge in [0.15, 0.2) is 0 Å². The minimum Gasteiger partial charge on any atom is -0.493 e. The Labute approximate surface area is 113 Å². The van der Waals surface area contributed by atoms with Gasteiger partial charge in [-0.1, -0.05) is 6.07 Å². The van der Waals surface area contributed by atoms with E-state index in [4.69, 9.17) is 4.74 Å². The van der Waals surface area contributed by atoms with Crippen molar-refractivity contribution in [3.05, 3.63) is 59.0 Å². The largest absolute Gasteiger partial charge is 0.493 e. The van der Waals surface area contributed by atoms with E-state index in [2.05, 4.69) is 0 Å². The zero-order valence-corrected chi connectivity index (χ0v) is 10.4. The van der Waals surface area contributed by atoms with E-state index in [1.54, 1.807) is 30.5 Å². The molecule has 1 aromatic carbocycles. The summed E-state index contributed by atoms with van der Waals surface area (Å²) in [5.74, 6) is 0.335. The van der Waals surface area contributed by atoms with Gasteiger partial charge in [-0.05, 0) is 30.3 Å². The second-order valence-corrected chi connectivity index (χ2v) is 4.12. The molecule has 0 aliphatic rings. The van der Waals surface area contributed by atoms with Crippen molar-refractivity contribution in [1.82, 2.24) is 4.57 Å². The fourth-order valence-corrected chi connectivity index (χ4v) is 1.63. The molecule has 106 valence electrons. The Morgan fingerprint density at radius 3 is 2.35 bits per heavy atom. The summed E-state index contributed by atoms with van der Waals surface area (Å²) in [5, 5.41) is 0. The van der Waals surface area contributed by atoms with E-state index in [0.717, 1.165) is 0 Å². The lowest BCUT2D eigenvalue weighted by atomic mass is 10.3. The van der Waals surface area contributed by atoms with E-state index in [1.165, 1.54) is 22.8 Å². The molecular weight excluding hydrogens is 271 g/mol. The van der Waals surface area contributed by atoms with Crippen molar-refractivity contribution < 1.29 is 17.9 Å². The van der Waals surface area contributed by atoms with Crippen LogP contribution in [0.25, 0.3) is 5.69 Å². The number of hydrogen-bond donors (Lipinski definition) is 0. The van der Waals surface area contributed by atoms with E-state index in [1.807, 2.05) is 0 Å². The van der Waals surface area contributed by atoms with Crippen molar-refractivity contribution >= 4 is 0 Å². The standard InChI is InChI=1S/C14H12F3NO2/c15-14(16,17)8-10-20-12-6-4-11(5-7-12)18-9-2-1-3-13(18)19/h1-7,9H,8,10H2. The van der Waals surface area contributed by atoms with Gasteiger partial charge < -0.3 is 4.74 Å². The predicted octanol–water partition coefficient (Wildman–Crippen LogP) is 3.17. The Morgan fingerprint density at radius 1 is 1.05 bits per heavy atom. The van der Waals surface area contributed by atoms with E-state index >= 15 is 0 Å². The number of nitrogens with zero attached hydrogens (tertiary/aromatic N) is 1. The van der Waals surface area contributed by atoms with Crippen LogP contribution in [0.15, 0.2) is 53.5 Å². The normalized spacial score (nSPS) is 11.3. The summed E-state index contributed by atoms with van der Waals surface area (Å²) in [5.41, 5.74) is 0.442. The molecule has 1 aromatic heterocycles. The van der Waals surface area contributed by atoms with E-state index in [-0.39, 0.29) is 5.56 Å². The van der Waals surface area contributed by atoms with Crippen LogP contribution < -0.4 is 10.3 Å². The molecule has 0 atom stereocenters. The Kier molecular flexibility index (Phi) is 4.12. The maximum absolute atomic E-state index is 12.0. The third-order valence-corrected chi connectivity index (χ3v) is 2.59. The van der Waals surface area contributed by atoms with Gasteiger partial charge in [-0.2, -0.15) is 13.2 Å². The topological polar surface area (TPSA) is 31.2 Å².